The zero-order valence-corrected chi connectivity index (χ0v) is 14.2. The number of nitrogens with one attached hydrogen (secondary N) is 1. The molecule has 0 bridgehead atoms. The van der Waals surface area contributed by atoms with E-state index in [1.165, 1.54) is 14.1 Å². The van der Waals surface area contributed by atoms with Crippen molar-refractivity contribution in [3.63, 3.8) is 0 Å². The highest BCUT2D eigenvalue weighted by atomic mass is 16.6. The van der Waals surface area contributed by atoms with Crippen molar-refractivity contribution in [3.05, 3.63) is 0 Å². The minimum absolute atomic E-state index is 0.111. The van der Waals surface area contributed by atoms with Crippen LogP contribution in [0, 0.1) is 0 Å². The van der Waals surface area contributed by atoms with Crippen LogP contribution in [0.1, 0.15) is 20.8 Å². The van der Waals surface area contributed by atoms with Crippen LogP contribution in [0.15, 0.2) is 0 Å². The van der Waals surface area contributed by atoms with Gasteiger partial charge in [-0.2, -0.15) is 0 Å². The monoisotopic (exact) mass is 331 g/mol. The van der Waals surface area contributed by atoms with Gasteiger partial charge in [-0.25, -0.2) is 4.79 Å². The van der Waals surface area contributed by atoms with Gasteiger partial charge in [-0.05, 0) is 20.8 Å². The Hall–Kier alpha value is -2.16. The van der Waals surface area contributed by atoms with Crippen LogP contribution in [-0.2, 0) is 19.1 Å². The fourth-order valence-electron chi connectivity index (χ4n) is 1.46. The molecule has 0 rings (SSSR count). The van der Waals surface area contributed by atoms with E-state index in [1.54, 1.807) is 20.8 Å². The minimum Gasteiger partial charge on any atom is -0.480 e. The Morgan fingerprint density at radius 3 is 2.04 bits per heavy atom. The summed E-state index contributed by atoms with van der Waals surface area (Å²) in [7, 11) is 2.80. The van der Waals surface area contributed by atoms with Gasteiger partial charge < -0.3 is 25.0 Å². The number of carboxylic acids is 1. The molecule has 0 aromatic carbocycles. The summed E-state index contributed by atoms with van der Waals surface area (Å²) in [5, 5.41) is 11.2. The number of hydrogen-bond acceptors (Lipinski definition) is 6. The van der Waals surface area contributed by atoms with E-state index in [4.69, 9.17) is 9.84 Å². The van der Waals surface area contributed by atoms with Gasteiger partial charge in [0.15, 0.2) is 5.78 Å². The van der Waals surface area contributed by atoms with E-state index in [-0.39, 0.29) is 25.4 Å². The molecule has 9 heteroatoms. The molecule has 0 unspecified atom stereocenters. The first-order chi connectivity index (χ1) is 10.4. The zero-order chi connectivity index (χ0) is 18.2. The molecule has 0 radical (unpaired) electrons. The van der Waals surface area contributed by atoms with Crippen LogP contribution in [0.2, 0.25) is 0 Å². The Bertz CT molecular complexity index is 458. The van der Waals surface area contributed by atoms with Crippen molar-refractivity contribution in [2.75, 3.05) is 40.3 Å². The summed E-state index contributed by atoms with van der Waals surface area (Å²) >= 11 is 0. The normalized spacial score (nSPS) is 10.8. The Balaban J connectivity index is 4.10. The third-order valence-corrected chi connectivity index (χ3v) is 2.52. The second kappa shape index (κ2) is 9.09. The van der Waals surface area contributed by atoms with E-state index in [2.05, 4.69) is 5.32 Å². The molecule has 0 saturated heterocycles. The van der Waals surface area contributed by atoms with Gasteiger partial charge in [0, 0.05) is 14.1 Å². The molecule has 9 nitrogen and oxygen atoms in total. The van der Waals surface area contributed by atoms with Gasteiger partial charge in [-0.1, -0.05) is 0 Å². The fraction of sp³-hybridized carbons (Fsp3) is 0.714. The van der Waals surface area contributed by atoms with Crippen molar-refractivity contribution in [2.24, 2.45) is 0 Å². The molecule has 0 aliphatic rings. The van der Waals surface area contributed by atoms with Gasteiger partial charge in [0.1, 0.15) is 12.1 Å². The highest BCUT2D eigenvalue weighted by Crippen LogP contribution is 2.08. The molecule has 132 valence electrons. The molecule has 0 saturated carbocycles. The molecule has 23 heavy (non-hydrogen) atoms. The molecule has 0 spiro atoms. The molecular formula is C14H25N3O6. The van der Waals surface area contributed by atoms with Crippen LogP contribution in [0.25, 0.3) is 0 Å². The second-order valence-corrected chi connectivity index (χ2v) is 6.12. The van der Waals surface area contributed by atoms with Gasteiger partial charge in [0.25, 0.3) is 0 Å². The largest absolute Gasteiger partial charge is 0.480 e. The topological polar surface area (TPSA) is 116 Å². The number of hydrogen-bond donors (Lipinski definition) is 2. The number of nitrogens with zero attached hydrogens (tertiary/aromatic N) is 2. The van der Waals surface area contributed by atoms with Crippen LogP contribution in [0.3, 0.4) is 0 Å². The average molecular weight is 331 g/mol. The van der Waals surface area contributed by atoms with Crippen molar-refractivity contribution >= 4 is 23.8 Å². The Labute approximate surface area is 135 Å². The molecular weight excluding hydrogens is 306 g/mol. The quantitative estimate of drug-likeness (QED) is 0.619. The lowest BCUT2D eigenvalue weighted by molar-refractivity contribution is -0.143. The van der Waals surface area contributed by atoms with E-state index in [0.29, 0.717) is 0 Å². The van der Waals surface area contributed by atoms with Crippen LogP contribution in [0.5, 0.6) is 0 Å². The molecule has 0 fully saturated rings. The number of ketones is 1. The van der Waals surface area contributed by atoms with E-state index >= 15 is 0 Å². The predicted octanol–water partition coefficient (Wildman–Crippen LogP) is -0.445. The summed E-state index contributed by atoms with van der Waals surface area (Å²) in [5.74, 6) is -1.86. The lowest BCUT2D eigenvalue weighted by Crippen LogP contribution is -2.42. The van der Waals surface area contributed by atoms with Crippen LogP contribution in [-0.4, -0.2) is 84.5 Å². The average Bonchev–Trinajstić information content (AvgIpc) is 2.35. The molecule has 0 aliphatic heterocycles. The van der Waals surface area contributed by atoms with E-state index in [1.807, 2.05) is 0 Å². The highest BCUT2D eigenvalue weighted by molar-refractivity contribution is 5.86. The number of rotatable bonds is 8. The lowest BCUT2D eigenvalue weighted by Gasteiger charge is -2.24. The number of ether oxygens (including phenoxy) is 1. The first-order valence-corrected chi connectivity index (χ1v) is 7.04. The Morgan fingerprint density at radius 1 is 1.00 bits per heavy atom. The number of carboxylic acid groups (broad SMARTS) is 1. The molecule has 2 N–H and O–H groups in total. The summed E-state index contributed by atoms with van der Waals surface area (Å²) in [5.41, 5.74) is -0.645. The molecule has 0 aromatic rings. The Kier molecular flexibility index (Phi) is 8.23. The van der Waals surface area contributed by atoms with Gasteiger partial charge in [-0.15, -0.1) is 0 Å². The van der Waals surface area contributed by atoms with E-state index in [0.717, 1.165) is 9.80 Å². The summed E-state index contributed by atoms with van der Waals surface area (Å²) < 4.78 is 5.11. The SMILES string of the molecule is CN(CC(=O)O)C(=O)CNCC(=O)CN(C)C(=O)OC(C)(C)C. The predicted molar refractivity (Wildman–Crippen MR) is 82.0 cm³/mol. The number of Topliss-reactive ketones (excluding diaryl/α,β-unsaturated/α-hetero) is 1. The van der Waals surface area contributed by atoms with Crippen molar-refractivity contribution in [3.8, 4) is 0 Å². The van der Waals surface area contributed by atoms with Crippen molar-refractivity contribution in [2.45, 2.75) is 26.4 Å². The van der Waals surface area contributed by atoms with Gasteiger partial charge in [0.05, 0.1) is 19.6 Å². The summed E-state index contributed by atoms with van der Waals surface area (Å²) in [4.78, 5) is 47.6. The molecule has 0 aliphatic carbocycles. The maximum atomic E-state index is 11.7. The lowest BCUT2D eigenvalue weighted by atomic mass is 10.2. The number of carbonyl (C=O) groups excluding carboxylic acids is 3. The standard InChI is InChI=1S/C14H25N3O6/c1-14(2,3)23-13(22)17(5)8-10(18)6-15-7-11(19)16(4)9-12(20)21/h15H,6-9H2,1-5H3,(H,20,21). The van der Waals surface area contributed by atoms with Crippen LogP contribution >= 0.6 is 0 Å². The number of likely N-dealkylation sites (N-methyl/N-ethyl adjacent to an activating group) is 2. The van der Waals surface area contributed by atoms with Crippen molar-refractivity contribution in [1.29, 1.82) is 0 Å². The fourth-order valence-corrected chi connectivity index (χ4v) is 1.46. The van der Waals surface area contributed by atoms with E-state index in [9.17, 15) is 19.2 Å². The Morgan fingerprint density at radius 2 is 1.57 bits per heavy atom. The first kappa shape index (κ1) is 20.8. The maximum absolute atomic E-state index is 11.7. The summed E-state index contributed by atoms with van der Waals surface area (Å²) in [6.07, 6.45) is -0.608. The maximum Gasteiger partial charge on any atom is 0.410 e. The third-order valence-electron chi connectivity index (χ3n) is 2.52. The molecule has 0 aromatic heterocycles. The molecule has 0 atom stereocenters. The smallest absolute Gasteiger partial charge is 0.410 e. The highest BCUT2D eigenvalue weighted by Gasteiger charge is 2.21. The van der Waals surface area contributed by atoms with Crippen LogP contribution in [0.4, 0.5) is 4.79 Å². The summed E-state index contributed by atoms with van der Waals surface area (Å²) in [6.45, 7) is 4.34. The summed E-state index contributed by atoms with van der Waals surface area (Å²) in [6, 6.07) is 0. The molecule has 2 amide bonds. The first-order valence-electron chi connectivity index (χ1n) is 7.04. The van der Waals surface area contributed by atoms with Crippen molar-refractivity contribution in [1.82, 2.24) is 15.1 Å². The van der Waals surface area contributed by atoms with Crippen molar-refractivity contribution < 1.29 is 29.0 Å². The minimum atomic E-state index is -1.11. The van der Waals surface area contributed by atoms with Gasteiger partial charge in [0.2, 0.25) is 5.91 Å². The van der Waals surface area contributed by atoms with Gasteiger partial charge >= 0.3 is 12.1 Å². The number of carbonyl (C=O) groups is 4. The number of amides is 2. The zero-order valence-electron chi connectivity index (χ0n) is 14.2. The third kappa shape index (κ3) is 10.2. The van der Waals surface area contributed by atoms with Gasteiger partial charge in [-0.3, -0.25) is 14.4 Å². The van der Waals surface area contributed by atoms with E-state index < -0.39 is 30.1 Å². The second-order valence-electron chi connectivity index (χ2n) is 6.12. The van der Waals surface area contributed by atoms with Crippen LogP contribution < -0.4 is 5.32 Å². The molecule has 0 heterocycles. The number of aliphatic carboxylic acids is 1.